The van der Waals surface area contributed by atoms with Gasteiger partial charge in [-0.1, -0.05) is 53.4 Å². The third-order valence-corrected chi connectivity index (χ3v) is 4.16. The van der Waals surface area contributed by atoms with Crippen molar-refractivity contribution in [2.75, 3.05) is 0 Å². The van der Waals surface area contributed by atoms with E-state index in [0.29, 0.717) is 11.9 Å². The molecule has 0 aromatic carbocycles. The summed E-state index contributed by atoms with van der Waals surface area (Å²) in [6.45, 7) is 8.75. The largest absolute Gasteiger partial charge is 0.323 e. The molecule has 3 atom stereocenters. The summed E-state index contributed by atoms with van der Waals surface area (Å²) >= 11 is 0. The van der Waals surface area contributed by atoms with Crippen molar-refractivity contribution < 1.29 is 4.79 Å². The number of carbonyl (C=O) groups is 1. The van der Waals surface area contributed by atoms with Gasteiger partial charge in [0.25, 0.3) is 0 Å². The lowest BCUT2D eigenvalue weighted by molar-refractivity contribution is -0.132. The molecule has 3 nitrogen and oxygen atoms in total. The molecule has 1 aliphatic rings. The van der Waals surface area contributed by atoms with Crippen molar-refractivity contribution in [3.63, 3.8) is 0 Å². The number of rotatable bonds is 9. The summed E-state index contributed by atoms with van der Waals surface area (Å²) in [5.41, 5.74) is 0. The minimum Gasteiger partial charge on any atom is -0.323 e. The van der Waals surface area contributed by atoms with Gasteiger partial charge in [-0.25, -0.2) is 0 Å². The Kier molecular flexibility index (Phi) is 7.44. The molecule has 1 heterocycles. The van der Waals surface area contributed by atoms with Crippen LogP contribution in [0, 0.1) is 0 Å². The highest BCUT2D eigenvalue weighted by Gasteiger charge is 2.40. The van der Waals surface area contributed by atoms with Gasteiger partial charge >= 0.3 is 0 Å². The fourth-order valence-electron chi connectivity index (χ4n) is 3.14. The molecular formula is C16H32N2O. The van der Waals surface area contributed by atoms with Crippen LogP contribution in [0.4, 0.5) is 0 Å². The molecule has 0 saturated carbocycles. The monoisotopic (exact) mass is 268 g/mol. The maximum Gasteiger partial charge on any atom is 0.241 e. The Morgan fingerprint density at radius 1 is 1.11 bits per heavy atom. The van der Waals surface area contributed by atoms with E-state index in [4.69, 9.17) is 0 Å². The van der Waals surface area contributed by atoms with Gasteiger partial charge in [0.1, 0.15) is 0 Å². The lowest BCUT2D eigenvalue weighted by Gasteiger charge is -2.33. The summed E-state index contributed by atoms with van der Waals surface area (Å²) in [6.07, 6.45) is 9.29. The molecule has 1 aliphatic heterocycles. The minimum atomic E-state index is 0.0533. The van der Waals surface area contributed by atoms with Crippen molar-refractivity contribution in [2.24, 2.45) is 0 Å². The maximum atomic E-state index is 12.6. The molecule has 0 bridgehead atoms. The molecule has 0 aromatic heterocycles. The average Bonchev–Trinajstić information content (AvgIpc) is 2.71. The molecule has 112 valence electrons. The van der Waals surface area contributed by atoms with Crippen LogP contribution in [0.25, 0.3) is 0 Å². The second-order valence-corrected chi connectivity index (χ2v) is 5.76. The van der Waals surface area contributed by atoms with Crippen LogP contribution in [0.1, 0.15) is 79.1 Å². The lowest BCUT2D eigenvalue weighted by atomic mass is 10.0. The van der Waals surface area contributed by atoms with Gasteiger partial charge in [0.2, 0.25) is 5.91 Å². The first kappa shape index (κ1) is 16.5. The van der Waals surface area contributed by atoms with E-state index in [0.717, 1.165) is 38.5 Å². The summed E-state index contributed by atoms with van der Waals surface area (Å²) in [5.74, 6) is 0.343. The average molecular weight is 268 g/mol. The standard InChI is InChI=1S/C16H32N2O/c1-5-9-12-13(10-6-2)18-15(11-7-3)17-14(8-4)16(18)19/h13-15,17H,5-12H2,1-4H3. The molecular weight excluding hydrogens is 236 g/mol. The van der Waals surface area contributed by atoms with E-state index in [1.54, 1.807) is 0 Å². The predicted molar refractivity (Wildman–Crippen MR) is 81.0 cm³/mol. The first-order valence-electron chi connectivity index (χ1n) is 8.27. The molecule has 3 heteroatoms. The minimum absolute atomic E-state index is 0.0533. The summed E-state index contributed by atoms with van der Waals surface area (Å²) in [5, 5.41) is 3.53. The molecule has 0 aliphatic carbocycles. The van der Waals surface area contributed by atoms with Gasteiger partial charge in [0.15, 0.2) is 0 Å². The molecule has 3 unspecified atom stereocenters. The molecule has 1 N–H and O–H groups in total. The topological polar surface area (TPSA) is 32.3 Å². The van der Waals surface area contributed by atoms with Crippen molar-refractivity contribution in [3.05, 3.63) is 0 Å². The molecule has 1 amide bonds. The zero-order valence-corrected chi connectivity index (χ0v) is 13.2. The number of hydrogen-bond donors (Lipinski definition) is 1. The zero-order valence-electron chi connectivity index (χ0n) is 13.2. The van der Waals surface area contributed by atoms with Crippen LogP contribution in [-0.2, 0) is 4.79 Å². The van der Waals surface area contributed by atoms with Crippen LogP contribution in [0.15, 0.2) is 0 Å². The number of nitrogens with zero attached hydrogens (tertiary/aromatic N) is 1. The first-order valence-corrected chi connectivity index (χ1v) is 8.27. The molecule has 0 spiro atoms. The second kappa shape index (κ2) is 8.57. The summed E-state index contributed by atoms with van der Waals surface area (Å²) in [6, 6.07) is 0.496. The van der Waals surface area contributed by atoms with Crippen molar-refractivity contribution >= 4 is 5.91 Å². The molecule has 0 radical (unpaired) electrons. The van der Waals surface area contributed by atoms with Crippen LogP contribution in [0.2, 0.25) is 0 Å². The fraction of sp³-hybridized carbons (Fsp3) is 0.938. The van der Waals surface area contributed by atoms with Gasteiger partial charge in [-0.05, 0) is 25.7 Å². The summed E-state index contributed by atoms with van der Waals surface area (Å²) in [7, 11) is 0. The van der Waals surface area contributed by atoms with E-state index < -0.39 is 0 Å². The van der Waals surface area contributed by atoms with Gasteiger partial charge in [-0.3, -0.25) is 10.1 Å². The van der Waals surface area contributed by atoms with E-state index in [1.165, 1.54) is 12.8 Å². The van der Waals surface area contributed by atoms with E-state index >= 15 is 0 Å². The van der Waals surface area contributed by atoms with E-state index in [9.17, 15) is 4.79 Å². The number of carbonyl (C=O) groups excluding carboxylic acids is 1. The van der Waals surface area contributed by atoms with Crippen LogP contribution in [-0.4, -0.2) is 29.1 Å². The lowest BCUT2D eigenvalue weighted by Crippen LogP contribution is -2.44. The summed E-state index contributed by atoms with van der Waals surface area (Å²) in [4.78, 5) is 14.8. The van der Waals surface area contributed by atoms with Gasteiger partial charge < -0.3 is 4.90 Å². The Morgan fingerprint density at radius 3 is 2.37 bits per heavy atom. The Bertz CT molecular complexity index is 267. The Hall–Kier alpha value is -0.570. The maximum absolute atomic E-state index is 12.6. The highest BCUT2D eigenvalue weighted by molar-refractivity contribution is 5.84. The van der Waals surface area contributed by atoms with E-state index in [1.807, 2.05) is 0 Å². The van der Waals surface area contributed by atoms with Gasteiger partial charge in [-0.15, -0.1) is 0 Å². The van der Waals surface area contributed by atoms with Crippen LogP contribution in [0.5, 0.6) is 0 Å². The second-order valence-electron chi connectivity index (χ2n) is 5.76. The Morgan fingerprint density at radius 2 is 1.84 bits per heavy atom. The number of unbranched alkanes of at least 4 members (excludes halogenated alkanes) is 1. The van der Waals surface area contributed by atoms with Gasteiger partial charge in [0, 0.05) is 6.04 Å². The van der Waals surface area contributed by atoms with E-state index in [2.05, 4.69) is 37.9 Å². The van der Waals surface area contributed by atoms with Gasteiger partial charge in [-0.2, -0.15) is 0 Å². The first-order chi connectivity index (χ1) is 9.19. The van der Waals surface area contributed by atoms with Crippen molar-refractivity contribution in [3.8, 4) is 0 Å². The summed E-state index contributed by atoms with van der Waals surface area (Å²) < 4.78 is 0. The number of amides is 1. The predicted octanol–water partition coefficient (Wildman–Crippen LogP) is 3.68. The van der Waals surface area contributed by atoms with E-state index in [-0.39, 0.29) is 12.2 Å². The molecule has 1 rings (SSSR count). The highest BCUT2D eigenvalue weighted by atomic mass is 16.2. The third-order valence-electron chi connectivity index (χ3n) is 4.16. The molecule has 19 heavy (non-hydrogen) atoms. The molecule has 0 aromatic rings. The Labute approximate surface area is 119 Å². The van der Waals surface area contributed by atoms with Crippen LogP contribution >= 0.6 is 0 Å². The van der Waals surface area contributed by atoms with Crippen LogP contribution in [0.3, 0.4) is 0 Å². The van der Waals surface area contributed by atoms with Crippen molar-refractivity contribution in [1.82, 2.24) is 10.2 Å². The number of nitrogens with one attached hydrogen (secondary N) is 1. The normalized spacial score (nSPS) is 25.1. The SMILES string of the molecule is CCCCC(CCC)N1C(=O)C(CC)NC1CCC. The molecule has 1 saturated heterocycles. The fourth-order valence-corrected chi connectivity index (χ4v) is 3.14. The number of hydrogen-bond acceptors (Lipinski definition) is 2. The zero-order chi connectivity index (χ0) is 14.3. The Balaban J connectivity index is 2.78. The quantitative estimate of drug-likeness (QED) is 0.692. The van der Waals surface area contributed by atoms with Gasteiger partial charge in [0.05, 0.1) is 12.2 Å². The highest BCUT2D eigenvalue weighted by Crippen LogP contribution is 2.25. The van der Waals surface area contributed by atoms with Crippen LogP contribution < -0.4 is 5.32 Å². The van der Waals surface area contributed by atoms with Crippen molar-refractivity contribution in [2.45, 2.75) is 97.3 Å². The third kappa shape index (κ3) is 4.20. The molecule has 1 fully saturated rings. The smallest absolute Gasteiger partial charge is 0.241 e. The van der Waals surface area contributed by atoms with Crippen molar-refractivity contribution in [1.29, 1.82) is 0 Å².